The maximum atomic E-state index is 12.3. The van der Waals surface area contributed by atoms with E-state index in [1.807, 2.05) is 34.6 Å². The van der Waals surface area contributed by atoms with Crippen molar-refractivity contribution in [2.75, 3.05) is 13.2 Å². The fraction of sp³-hybridized carbons (Fsp3) is 0.923. The lowest BCUT2D eigenvalue weighted by Crippen LogP contribution is -2.55. The molecule has 0 aromatic heterocycles. The van der Waals surface area contributed by atoms with Crippen molar-refractivity contribution in [3.8, 4) is 0 Å². The monoisotopic (exact) mass is 274 g/mol. The van der Waals surface area contributed by atoms with Gasteiger partial charge in [-0.25, -0.2) is 4.79 Å². The van der Waals surface area contributed by atoms with Crippen LogP contribution in [-0.4, -0.2) is 52.7 Å². The molecular formula is C13H26N2O4. The second kappa shape index (κ2) is 5.64. The Morgan fingerprint density at radius 1 is 1.58 bits per heavy atom. The molecule has 1 aliphatic rings. The van der Waals surface area contributed by atoms with E-state index >= 15 is 0 Å². The van der Waals surface area contributed by atoms with Gasteiger partial charge in [0.1, 0.15) is 11.3 Å². The molecule has 1 aliphatic heterocycles. The maximum Gasteiger partial charge on any atom is 0.412 e. The Kier molecular flexibility index (Phi) is 4.81. The Balaban J connectivity index is 2.87. The molecule has 19 heavy (non-hydrogen) atoms. The quantitative estimate of drug-likeness (QED) is 0.804. The van der Waals surface area contributed by atoms with Gasteiger partial charge in [0.25, 0.3) is 0 Å². The van der Waals surface area contributed by atoms with Crippen LogP contribution in [0, 0.1) is 0 Å². The first-order chi connectivity index (χ1) is 8.58. The number of hydrogen-bond donors (Lipinski definition) is 2. The largest absolute Gasteiger partial charge is 0.444 e. The van der Waals surface area contributed by atoms with E-state index in [1.54, 1.807) is 4.90 Å². The molecule has 1 saturated heterocycles. The van der Waals surface area contributed by atoms with Crippen LogP contribution in [0.3, 0.4) is 0 Å². The third-order valence-corrected chi connectivity index (χ3v) is 3.07. The minimum absolute atomic E-state index is 0.0136. The fourth-order valence-electron chi connectivity index (χ4n) is 2.16. The zero-order chi connectivity index (χ0) is 14.8. The number of ether oxygens (including phenoxy) is 2. The Labute approximate surface area is 114 Å². The summed E-state index contributed by atoms with van der Waals surface area (Å²) in [5.74, 6) is 0. The molecule has 0 spiro atoms. The van der Waals surface area contributed by atoms with Crippen LogP contribution in [0.4, 0.5) is 4.79 Å². The lowest BCUT2D eigenvalue weighted by Gasteiger charge is -2.36. The van der Waals surface area contributed by atoms with Gasteiger partial charge < -0.3 is 20.3 Å². The van der Waals surface area contributed by atoms with Gasteiger partial charge in [-0.3, -0.25) is 4.90 Å². The van der Waals surface area contributed by atoms with Gasteiger partial charge >= 0.3 is 6.09 Å². The first-order valence-corrected chi connectivity index (χ1v) is 6.61. The standard InChI is InChI=1S/C13H26N2O4/c1-12(2,3)19-11(17)15-10(9(14)6-7-16)8-18-13(15,4)5/h9-10,16H,6-8,14H2,1-5H3/t9-,10-/m0/s1. The second-order valence-electron chi connectivity index (χ2n) is 6.35. The molecule has 1 heterocycles. The molecule has 1 amide bonds. The van der Waals surface area contributed by atoms with E-state index in [2.05, 4.69) is 0 Å². The van der Waals surface area contributed by atoms with Crippen molar-refractivity contribution >= 4 is 6.09 Å². The minimum Gasteiger partial charge on any atom is -0.444 e. The first kappa shape index (κ1) is 16.2. The molecule has 1 fully saturated rings. The van der Waals surface area contributed by atoms with E-state index in [0.29, 0.717) is 13.0 Å². The van der Waals surface area contributed by atoms with E-state index in [1.165, 1.54) is 0 Å². The third-order valence-electron chi connectivity index (χ3n) is 3.07. The summed E-state index contributed by atoms with van der Waals surface area (Å²) in [7, 11) is 0. The van der Waals surface area contributed by atoms with Gasteiger partial charge in [0.05, 0.1) is 12.6 Å². The summed E-state index contributed by atoms with van der Waals surface area (Å²) < 4.78 is 11.0. The molecular weight excluding hydrogens is 248 g/mol. The molecule has 3 N–H and O–H groups in total. The third kappa shape index (κ3) is 4.06. The van der Waals surface area contributed by atoms with E-state index in [-0.39, 0.29) is 18.7 Å². The number of carbonyl (C=O) groups excluding carboxylic acids is 1. The topological polar surface area (TPSA) is 85.0 Å². The van der Waals surface area contributed by atoms with Gasteiger partial charge in [-0.2, -0.15) is 0 Å². The molecule has 1 rings (SSSR count). The average molecular weight is 274 g/mol. The van der Waals surface area contributed by atoms with E-state index in [9.17, 15) is 4.79 Å². The Hall–Kier alpha value is -0.850. The van der Waals surface area contributed by atoms with Crippen LogP contribution >= 0.6 is 0 Å². The summed E-state index contributed by atoms with van der Waals surface area (Å²) in [6, 6.07) is -0.615. The van der Waals surface area contributed by atoms with Crippen molar-refractivity contribution < 1.29 is 19.4 Å². The molecule has 0 radical (unpaired) electrons. The predicted octanol–water partition coefficient (Wildman–Crippen LogP) is 1.07. The summed E-state index contributed by atoms with van der Waals surface area (Å²) >= 11 is 0. The highest BCUT2D eigenvalue weighted by atomic mass is 16.6. The Morgan fingerprint density at radius 3 is 2.63 bits per heavy atom. The van der Waals surface area contributed by atoms with Crippen molar-refractivity contribution in [1.82, 2.24) is 4.90 Å². The lowest BCUT2D eigenvalue weighted by atomic mass is 10.1. The van der Waals surface area contributed by atoms with Crippen molar-refractivity contribution in [1.29, 1.82) is 0 Å². The molecule has 6 heteroatoms. The smallest absolute Gasteiger partial charge is 0.412 e. The molecule has 0 saturated carbocycles. The van der Waals surface area contributed by atoms with E-state index in [0.717, 1.165) is 0 Å². The molecule has 6 nitrogen and oxygen atoms in total. The Morgan fingerprint density at radius 2 is 2.16 bits per heavy atom. The van der Waals surface area contributed by atoms with Crippen molar-refractivity contribution in [3.05, 3.63) is 0 Å². The highest BCUT2D eigenvalue weighted by molar-refractivity contribution is 5.70. The number of hydrogen-bond acceptors (Lipinski definition) is 5. The van der Waals surface area contributed by atoms with Crippen LogP contribution < -0.4 is 5.73 Å². The minimum atomic E-state index is -0.750. The normalized spacial score (nSPS) is 24.4. The molecule has 0 unspecified atom stereocenters. The number of aliphatic hydroxyl groups is 1. The lowest BCUT2D eigenvalue weighted by molar-refractivity contribution is -0.0634. The number of amides is 1. The summed E-state index contributed by atoms with van der Waals surface area (Å²) in [6.07, 6.45) is -0.0166. The molecule has 2 atom stereocenters. The molecule has 0 bridgehead atoms. The fourth-order valence-corrected chi connectivity index (χ4v) is 2.16. The van der Waals surface area contributed by atoms with E-state index in [4.69, 9.17) is 20.3 Å². The molecule has 0 aliphatic carbocycles. The van der Waals surface area contributed by atoms with Gasteiger partial charge in [-0.05, 0) is 41.0 Å². The van der Waals surface area contributed by atoms with Crippen molar-refractivity contribution in [2.45, 2.75) is 64.4 Å². The van der Waals surface area contributed by atoms with E-state index < -0.39 is 17.4 Å². The van der Waals surface area contributed by atoms with Crippen LogP contribution in [-0.2, 0) is 9.47 Å². The van der Waals surface area contributed by atoms with Gasteiger partial charge in [0.15, 0.2) is 0 Å². The number of nitrogens with two attached hydrogens (primary N) is 1. The Bertz CT molecular complexity index is 325. The predicted molar refractivity (Wildman–Crippen MR) is 71.6 cm³/mol. The highest BCUT2D eigenvalue weighted by Gasteiger charge is 2.47. The van der Waals surface area contributed by atoms with Gasteiger partial charge in [-0.15, -0.1) is 0 Å². The zero-order valence-electron chi connectivity index (χ0n) is 12.5. The number of nitrogens with zero attached hydrogens (tertiary/aromatic N) is 1. The molecule has 0 aromatic carbocycles. The van der Waals surface area contributed by atoms with Crippen LogP contribution in [0.2, 0.25) is 0 Å². The van der Waals surface area contributed by atoms with Gasteiger partial charge in [0, 0.05) is 12.6 Å². The SMILES string of the molecule is CC(C)(C)OC(=O)N1[C@H]([C@@H](N)CCO)COC1(C)C. The molecule has 0 aromatic rings. The zero-order valence-corrected chi connectivity index (χ0v) is 12.5. The number of aliphatic hydroxyl groups excluding tert-OH is 1. The number of rotatable bonds is 3. The van der Waals surface area contributed by atoms with Crippen molar-refractivity contribution in [3.63, 3.8) is 0 Å². The van der Waals surface area contributed by atoms with Crippen LogP contribution in [0.1, 0.15) is 41.0 Å². The average Bonchev–Trinajstić information content (AvgIpc) is 2.51. The summed E-state index contributed by atoms with van der Waals surface area (Å²) in [5.41, 5.74) is 4.70. The summed E-state index contributed by atoms with van der Waals surface area (Å²) in [6.45, 7) is 9.41. The maximum absolute atomic E-state index is 12.3. The van der Waals surface area contributed by atoms with Gasteiger partial charge in [0.2, 0.25) is 0 Å². The summed E-state index contributed by atoms with van der Waals surface area (Å²) in [5, 5.41) is 8.98. The van der Waals surface area contributed by atoms with Crippen LogP contribution in [0.5, 0.6) is 0 Å². The van der Waals surface area contributed by atoms with Crippen molar-refractivity contribution in [2.24, 2.45) is 5.73 Å². The molecule has 112 valence electrons. The second-order valence-corrected chi connectivity index (χ2v) is 6.35. The number of carbonyl (C=O) groups is 1. The van der Waals surface area contributed by atoms with Crippen LogP contribution in [0.25, 0.3) is 0 Å². The van der Waals surface area contributed by atoms with Gasteiger partial charge in [-0.1, -0.05) is 0 Å². The summed E-state index contributed by atoms with van der Waals surface area (Å²) in [4.78, 5) is 13.8. The highest BCUT2D eigenvalue weighted by Crippen LogP contribution is 2.30. The first-order valence-electron chi connectivity index (χ1n) is 6.61. The van der Waals surface area contributed by atoms with Crippen LogP contribution in [0.15, 0.2) is 0 Å².